The lowest BCUT2D eigenvalue weighted by molar-refractivity contribution is 0.308. The summed E-state index contributed by atoms with van der Waals surface area (Å²) < 4.78 is 6.04. The molecule has 0 saturated heterocycles. The average Bonchev–Trinajstić information content (AvgIpc) is 2.57. The van der Waals surface area contributed by atoms with Crippen molar-refractivity contribution in [2.45, 2.75) is 25.8 Å². The zero-order valence-electron chi connectivity index (χ0n) is 12.9. The van der Waals surface area contributed by atoms with E-state index < -0.39 is 0 Å². The monoisotopic (exact) mass is 293 g/mol. The zero-order valence-corrected chi connectivity index (χ0v) is 12.9. The van der Waals surface area contributed by atoms with Gasteiger partial charge in [-0.2, -0.15) is 0 Å². The fourth-order valence-corrected chi connectivity index (χ4v) is 2.79. The Morgan fingerprint density at radius 2 is 1.64 bits per heavy atom. The minimum Gasteiger partial charge on any atom is -0.493 e. The molecule has 0 aliphatic carbocycles. The van der Waals surface area contributed by atoms with Crippen molar-refractivity contribution in [3.8, 4) is 16.9 Å². The van der Waals surface area contributed by atoms with Crippen LogP contribution >= 0.6 is 0 Å². The molecule has 0 radical (unpaired) electrons. The van der Waals surface area contributed by atoms with Crippen LogP contribution in [0.3, 0.4) is 0 Å². The van der Waals surface area contributed by atoms with Gasteiger partial charge in [0.1, 0.15) is 5.75 Å². The number of hydrogen-bond acceptors (Lipinski definition) is 2. The fourth-order valence-electron chi connectivity index (χ4n) is 2.79. The van der Waals surface area contributed by atoms with Crippen LogP contribution < -0.4 is 10.1 Å². The van der Waals surface area contributed by atoms with Crippen LogP contribution in [0, 0.1) is 0 Å². The summed E-state index contributed by atoms with van der Waals surface area (Å²) in [6.07, 6.45) is 7.88. The highest BCUT2D eigenvalue weighted by atomic mass is 16.5. The van der Waals surface area contributed by atoms with E-state index in [2.05, 4.69) is 59.9 Å². The molecule has 0 fully saturated rings. The number of allylic oxidation sites excluding steroid dienone is 1. The summed E-state index contributed by atoms with van der Waals surface area (Å²) in [5.74, 6) is 0.988. The maximum absolute atomic E-state index is 6.04. The van der Waals surface area contributed by atoms with Gasteiger partial charge in [-0.1, -0.05) is 54.6 Å². The number of fused-ring (bicyclic) bond motifs is 3. The minimum atomic E-state index is 0.783. The molecule has 0 saturated carbocycles. The first-order chi connectivity index (χ1) is 10.9. The van der Waals surface area contributed by atoms with Crippen molar-refractivity contribution in [3.63, 3.8) is 0 Å². The van der Waals surface area contributed by atoms with Crippen LogP contribution in [-0.2, 0) is 6.54 Å². The Morgan fingerprint density at radius 1 is 0.818 bits per heavy atom. The molecule has 2 aromatic rings. The van der Waals surface area contributed by atoms with Gasteiger partial charge in [0.15, 0.2) is 0 Å². The Morgan fingerprint density at radius 3 is 2.59 bits per heavy atom. The van der Waals surface area contributed by atoms with E-state index in [0.29, 0.717) is 0 Å². The number of rotatable bonds is 0. The Balaban J connectivity index is 1.94. The second kappa shape index (κ2) is 7.81. The lowest BCUT2D eigenvalue weighted by Crippen LogP contribution is -2.13. The first kappa shape index (κ1) is 14.9. The summed E-state index contributed by atoms with van der Waals surface area (Å²) in [6.45, 7) is 2.58. The number of hydrogen-bond donors (Lipinski definition) is 1. The molecule has 2 aromatic carbocycles. The standard InChI is InChI=1S/C20H23NO/c1-2-8-14-21-16-17-10-4-5-11-18(17)19-12-6-7-13-20(19)22-15-9-3-1/h2,4-8,10-13,21H,1,3,9,14-16H2/b8-2-. The van der Waals surface area contributed by atoms with Gasteiger partial charge >= 0.3 is 0 Å². The normalized spacial score (nSPS) is 17.5. The maximum Gasteiger partial charge on any atom is 0.127 e. The summed E-state index contributed by atoms with van der Waals surface area (Å²) in [5, 5.41) is 3.50. The van der Waals surface area contributed by atoms with Gasteiger partial charge in [-0.25, -0.2) is 0 Å². The quantitative estimate of drug-likeness (QED) is 0.719. The topological polar surface area (TPSA) is 21.3 Å². The van der Waals surface area contributed by atoms with Crippen molar-refractivity contribution in [1.29, 1.82) is 0 Å². The van der Waals surface area contributed by atoms with Crippen LogP contribution in [0.4, 0.5) is 0 Å². The second-order valence-corrected chi connectivity index (χ2v) is 5.60. The third-order valence-electron chi connectivity index (χ3n) is 3.96. The van der Waals surface area contributed by atoms with E-state index in [4.69, 9.17) is 4.74 Å². The van der Waals surface area contributed by atoms with Gasteiger partial charge in [0.25, 0.3) is 0 Å². The van der Waals surface area contributed by atoms with Crippen LogP contribution in [0.1, 0.15) is 24.8 Å². The fraction of sp³-hybridized carbons (Fsp3) is 0.300. The molecule has 0 aromatic heterocycles. The lowest BCUT2D eigenvalue weighted by atomic mass is 9.98. The summed E-state index contributed by atoms with van der Waals surface area (Å²) in [6, 6.07) is 16.9. The van der Waals surface area contributed by atoms with E-state index in [1.165, 1.54) is 23.1 Å². The minimum absolute atomic E-state index is 0.783. The van der Waals surface area contributed by atoms with Crippen LogP contribution in [-0.4, -0.2) is 13.2 Å². The molecule has 22 heavy (non-hydrogen) atoms. The van der Waals surface area contributed by atoms with E-state index >= 15 is 0 Å². The van der Waals surface area contributed by atoms with E-state index in [1.807, 2.05) is 6.07 Å². The van der Waals surface area contributed by atoms with Crippen LogP contribution in [0.5, 0.6) is 5.75 Å². The van der Waals surface area contributed by atoms with E-state index in [1.54, 1.807) is 0 Å². The van der Waals surface area contributed by atoms with Gasteiger partial charge in [0, 0.05) is 18.7 Å². The molecule has 2 nitrogen and oxygen atoms in total. The molecule has 0 spiro atoms. The van der Waals surface area contributed by atoms with Gasteiger partial charge < -0.3 is 10.1 Å². The van der Waals surface area contributed by atoms with Gasteiger partial charge in [-0.05, 0) is 36.5 Å². The van der Waals surface area contributed by atoms with E-state index in [0.717, 1.165) is 38.3 Å². The molecule has 0 atom stereocenters. The van der Waals surface area contributed by atoms with Crippen molar-refractivity contribution < 1.29 is 4.74 Å². The molecule has 3 rings (SSSR count). The smallest absolute Gasteiger partial charge is 0.127 e. The summed E-state index contributed by atoms with van der Waals surface area (Å²) in [5.41, 5.74) is 3.75. The number of benzene rings is 2. The Bertz CT molecular complexity index is 633. The molecular weight excluding hydrogens is 270 g/mol. The van der Waals surface area contributed by atoms with Crippen molar-refractivity contribution >= 4 is 0 Å². The first-order valence-corrected chi connectivity index (χ1v) is 8.11. The van der Waals surface area contributed by atoms with E-state index in [9.17, 15) is 0 Å². The molecule has 2 heteroatoms. The van der Waals surface area contributed by atoms with Crippen molar-refractivity contribution in [3.05, 3.63) is 66.2 Å². The Labute approximate surface area is 132 Å². The molecule has 1 N–H and O–H groups in total. The van der Waals surface area contributed by atoms with Gasteiger partial charge in [-0.3, -0.25) is 0 Å². The van der Waals surface area contributed by atoms with Crippen molar-refractivity contribution in [1.82, 2.24) is 5.32 Å². The summed E-state index contributed by atoms with van der Waals surface area (Å²) >= 11 is 0. The maximum atomic E-state index is 6.04. The number of para-hydroxylation sites is 1. The Hall–Kier alpha value is -2.06. The highest BCUT2D eigenvalue weighted by Gasteiger charge is 2.10. The molecule has 114 valence electrons. The molecule has 0 unspecified atom stereocenters. The number of ether oxygens (including phenoxy) is 1. The highest BCUT2D eigenvalue weighted by molar-refractivity contribution is 5.73. The third-order valence-corrected chi connectivity index (χ3v) is 3.96. The predicted molar refractivity (Wildman–Crippen MR) is 92.1 cm³/mol. The molecular formula is C20H23NO. The molecule has 1 heterocycles. The van der Waals surface area contributed by atoms with Crippen LogP contribution in [0.15, 0.2) is 60.7 Å². The molecule has 1 aliphatic rings. The SMILES string of the molecule is C1=C\CNCc2ccccc2-c2ccccc2OCCCC/1. The van der Waals surface area contributed by atoms with Gasteiger partial charge in [-0.15, -0.1) is 0 Å². The van der Waals surface area contributed by atoms with Crippen LogP contribution in [0.2, 0.25) is 0 Å². The third kappa shape index (κ3) is 3.77. The summed E-state index contributed by atoms with van der Waals surface area (Å²) in [7, 11) is 0. The Kier molecular flexibility index (Phi) is 5.27. The first-order valence-electron chi connectivity index (χ1n) is 8.11. The lowest BCUT2D eigenvalue weighted by Gasteiger charge is -2.15. The average molecular weight is 293 g/mol. The van der Waals surface area contributed by atoms with Crippen LogP contribution in [0.25, 0.3) is 11.1 Å². The van der Waals surface area contributed by atoms with Crippen molar-refractivity contribution in [2.24, 2.45) is 0 Å². The predicted octanol–water partition coefficient (Wildman–Crippen LogP) is 4.56. The zero-order chi connectivity index (χ0) is 15.0. The van der Waals surface area contributed by atoms with E-state index in [-0.39, 0.29) is 0 Å². The van der Waals surface area contributed by atoms with Crippen molar-refractivity contribution in [2.75, 3.05) is 13.2 Å². The molecule has 1 aliphatic heterocycles. The number of nitrogens with one attached hydrogen (secondary N) is 1. The molecule has 0 bridgehead atoms. The highest BCUT2D eigenvalue weighted by Crippen LogP contribution is 2.32. The van der Waals surface area contributed by atoms with Gasteiger partial charge in [0.05, 0.1) is 6.61 Å². The second-order valence-electron chi connectivity index (χ2n) is 5.60. The summed E-state index contributed by atoms with van der Waals surface area (Å²) in [4.78, 5) is 0. The van der Waals surface area contributed by atoms with Gasteiger partial charge in [0.2, 0.25) is 0 Å². The largest absolute Gasteiger partial charge is 0.493 e. The molecule has 0 amide bonds.